The zero-order chi connectivity index (χ0) is 21.5. The van der Waals surface area contributed by atoms with Gasteiger partial charge in [-0.2, -0.15) is 0 Å². The minimum Gasteiger partial charge on any atom is -0.452 e. The molecule has 0 fully saturated rings. The van der Waals surface area contributed by atoms with Gasteiger partial charge in [0.25, 0.3) is 11.6 Å². The second-order valence-electron chi connectivity index (χ2n) is 6.14. The Hall–Kier alpha value is -4.33. The van der Waals surface area contributed by atoms with E-state index in [2.05, 4.69) is 5.32 Å². The van der Waals surface area contributed by atoms with Crippen LogP contribution in [0.15, 0.2) is 78.9 Å². The number of ether oxygens (including phenoxy) is 1. The second kappa shape index (κ2) is 9.24. The summed E-state index contributed by atoms with van der Waals surface area (Å²) in [5.74, 6) is -1.95. The number of ketones is 1. The van der Waals surface area contributed by atoms with Gasteiger partial charge in [0.1, 0.15) is 5.69 Å². The monoisotopic (exact) mass is 404 g/mol. The van der Waals surface area contributed by atoms with Crippen LogP contribution in [0.2, 0.25) is 0 Å². The smallest absolute Gasteiger partial charge is 0.339 e. The lowest BCUT2D eigenvalue weighted by atomic mass is 9.98. The summed E-state index contributed by atoms with van der Waals surface area (Å²) in [6.45, 7) is -0.668. The molecule has 0 heterocycles. The largest absolute Gasteiger partial charge is 0.452 e. The number of para-hydroxylation sites is 2. The summed E-state index contributed by atoms with van der Waals surface area (Å²) >= 11 is 0. The lowest BCUT2D eigenvalue weighted by Gasteiger charge is -2.10. The van der Waals surface area contributed by atoms with Gasteiger partial charge in [0.05, 0.1) is 10.5 Å². The predicted molar refractivity (Wildman–Crippen MR) is 108 cm³/mol. The van der Waals surface area contributed by atoms with Gasteiger partial charge >= 0.3 is 5.97 Å². The fourth-order valence-corrected chi connectivity index (χ4v) is 2.74. The summed E-state index contributed by atoms with van der Waals surface area (Å²) in [7, 11) is 0. The number of carbonyl (C=O) groups is 3. The fourth-order valence-electron chi connectivity index (χ4n) is 2.74. The van der Waals surface area contributed by atoms with Crippen molar-refractivity contribution in [2.75, 3.05) is 11.9 Å². The highest BCUT2D eigenvalue weighted by Gasteiger charge is 2.20. The van der Waals surface area contributed by atoms with Crippen LogP contribution in [0.4, 0.5) is 11.4 Å². The van der Waals surface area contributed by atoms with Gasteiger partial charge in [0.15, 0.2) is 12.4 Å². The highest BCUT2D eigenvalue weighted by molar-refractivity contribution is 6.14. The third-order valence-corrected chi connectivity index (χ3v) is 4.14. The molecule has 3 aromatic rings. The van der Waals surface area contributed by atoms with Gasteiger partial charge in [-0.05, 0) is 12.1 Å². The summed E-state index contributed by atoms with van der Waals surface area (Å²) in [5, 5.41) is 13.3. The molecule has 0 unspecified atom stereocenters. The van der Waals surface area contributed by atoms with Crippen molar-refractivity contribution in [3.63, 3.8) is 0 Å². The number of carbonyl (C=O) groups excluding carboxylic acids is 3. The SMILES string of the molecule is O=C(COC(=O)c1ccccc1C(=O)c1ccccc1)Nc1ccccc1[N+](=O)[O-]. The Morgan fingerprint density at radius 3 is 2.13 bits per heavy atom. The molecule has 0 radical (unpaired) electrons. The molecule has 0 saturated heterocycles. The highest BCUT2D eigenvalue weighted by Crippen LogP contribution is 2.23. The molecule has 30 heavy (non-hydrogen) atoms. The Kier molecular flexibility index (Phi) is 6.29. The molecule has 0 aliphatic heterocycles. The Balaban J connectivity index is 1.70. The fraction of sp³-hybridized carbons (Fsp3) is 0.0455. The van der Waals surface area contributed by atoms with Crippen molar-refractivity contribution < 1.29 is 24.0 Å². The molecule has 150 valence electrons. The molecule has 0 aliphatic carbocycles. The zero-order valence-corrected chi connectivity index (χ0v) is 15.6. The molecule has 1 N–H and O–H groups in total. The van der Waals surface area contributed by atoms with E-state index in [4.69, 9.17) is 4.74 Å². The van der Waals surface area contributed by atoms with Gasteiger partial charge in [0.2, 0.25) is 0 Å². The second-order valence-corrected chi connectivity index (χ2v) is 6.14. The molecule has 0 spiro atoms. The maximum absolute atomic E-state index is 12.7. The van der Waals surface area contributed by atoms with Crippen LogP contribution in [0.1, 0.15) is 26.3 Å². The molecule has 0 aliphatic rings. The van der Waals surface area contributed by atoms with E-state index < -0.39 is 23.4 Å². The number of nitrogens with zero attached hydrogens (tertiary/aromatic N) is 1. The number of hydrogen-bond donors (Lipinski definition) is 1. The van der Waals surface area contributed by atoms with Crippen LogP contribution in [0.25, 0.3) is 0 Å². The van der Waals surface area contributed by atoms with Crippen LogP contribution in [-0.4, -0.2) is 29.2 Å². The summed E-state index contributed by atoms with van der Waals surface area (Å²) < 4.78 is 5.02. The van der Waals surface area contributed by atoms with Crippen molar-refractivity contribution in [2.45, 2.75) is 0 Å². The first-order chi connectivity index (χ1) is 14.5. The van der Waals surface area contributed by atoms with Gasteiger partial charge in [0, 0.05) is 17.2 Å². The van der Waals surface area contributed by atoms with Crippen LogP contribution in [0.5, 0.6) is 0 Å². The molecule has 3 rings (SSSR count). The topological polar surface area (TPSA) is 116 Å². The van der Waals surface area contributed by atoms with Crippen molar-refractivity contribution in [3.05, 3.63) is 106 Å². The number of nitro benzene ring substituents is 1. The molecule has 0 aromatic heterocycles. The number of amides is 1. The predicted octanol–water partition coefficient (Wildman–Crippen LogP) is 3.62. The number of nitrogens with one attached hydrogen (secondary N) is 1. The number of benzene rings is 3. The number of hydrogen-bond acceptors (Lipinski definition) is 6. The van der Waals surface area contributed by atoms with E-state index >= 15 is 0 Å². The quantitative estimate of drug-likeness (QED) is 0.278. The van der Waals surface area contributed by atoms with E-state index in [-0.39, 0.29) is 28.3 Å². The molecule has 3 aromatic carbocycles. The molecule has 0 atom stereocenters. The normalized spacial score (nSPS) is 10.1. The van der Waals surface area contributed by atoms with Crippen molar-refractivity contribution in [3.8, 4) is 0 Å². The minimum atomic E-state index is -0.854. The van der Waals surface area contributed by atoms with Gasteiger partial charge in [-0.25, -0.2) is 4.79 Å². The van der Waals surface area contributed by atoms with E-state index in [0.717, 1.165) is 0 Å². The summed E-state index contributed by atoms with van der Waals surface area (Å²) in [6.07, 6.45) is 0. The number of esters is 1. The molecule has 1 amide bonds. The Morgan fingerprint density at radius 2 is 1.43 bits per heavy atom. The highest BCUT2D eigenvalue weighted by atomic mass is 16.6. The molecule has 0 saturated carbocycles. The standard InChI is InChI=1S/C22H16N2O6/c25-20(23-18-12-6-7-13-19(18)24(28)29)14-30-22(27)17-11-5-4-10-16(17)21(26)15-8-2-1-3-9-15/h1-13H,14H2,(H,23,25). The average molecular weight is 404 g/mol. The molecule has 8 nitrogen and oxygen atoms in total. The van der Waals surface area contributed by atoms with Gasteiger partial charge < -0.3 is 10.1 Å². The van der Waals surface area contributed by atoms with E-state index in [0.29, 0.717) is 5.56 Å². The van der Waals surface area contributed by atoms with Crippen LogP contribution >= 0.6 is 0 Å². The number of anilines is 1. The first-order valence-electron chi connectivity index (χ1n) is 8.86. The van der Waals surface area contributed by atoms with E-state index in [1.54, 1.807) is 42.5 Å². The lowest BCUT2D eigenvalue weighted by Crippen LogP contribution is -2.22. The zero-order valence-electron chi connectivity index (χ0n) is 15.6. The van der Waals surface area contributed by atoms with E-state index in [9.17, 15) is 24.5 Å². The van der Waals surface area contributed by atoms with Gasteiger partial charge in [-0.15, -0.1) is 0 Å². The summed E-state index contributed by atoms with van der Waals surface area (Å²) in [6, 6.07) is 20.2. The van der Waals surface area contributed by atoms with Crippen LogP contribution in [0.3, 0.4) is 0 Å². The van der Waals surface area contributed by atoms with Crippen LogP contribution in [0, 0.1) is 10.1 Å². The molecule has 8 heteroatoms. The van der Waals surface area contributed by atoms with Crippen molar-refractivity contribution in [1.29, 1.82) is 0 Å². The third-order valence-electron chi connectivity index (χ3n) is 4.14. The van der Waals surface area contributed by atoms with Gasteiger partial charge in [-0.1, -0.05) is 60.7 Å². The van der Waals surface area contributed by atoms with E-state index in [1.807, 2.05) is 0 Å². The number of nitro groups is 1. The minimum absolute atomic E-state index is 0.0109. The van der Waals surface area contributed by atoms with Crippen molar-refractivity contribution in [2.24, 2.45) is 0 Å². The van der Waals surface area contributed by atoms with Crippen molar-refractivity contribution in [1.82, 2.24) is 0 Å². The maximum atomic E-state index is 12.7. The average Bonchev–Trinajstić information content (AvgIpc) is 2.77. The lowest BCUT2D eigenvalue weighted by molar-refractivity contribution is -0.383. The van der Waals surface area contributed by atoms with Crippen LogP contribution in [-0.2, 0) is 9.53 Å². The summed E-state index contributed by atoms with van der Waals surface area (Å²) in [5.41, 5.74) is 0.281. The molecular formula is C22H16N2O6. The number of rotatable bonds is 7. The first-order valence-corrected chi connectivity index (χ1v) is 8.86. The van der Waals surface area contributed by atoms with Gasteiger partial charge in [-0.3, -0.25) is 19.7 Å². The maximum Gasteiger partial charge on any atom is 0.339 e. The first kappa shape index (κ1) is 20.4. The molecular weight excluding hydrogens is 388 g/mol. The summed E-state index contributed by atoms with van der Waals surface area (Å²) in [4.78, 5) is 47.6. The van der Waals surface area contributed by atoms with E-state index in [1.165, 1.54) is 36.4 Å². The third kappa shape index (κ3) is 4.74. The Labute approximate surface area is 171 Å². The molecule has 0 bridgehead atoms. The Morgan fingerprint density at radius 1 is 0.833 bits per heavy atom. The van der Waals surface area contributed by atoms with Crippen molar-refractivity contribution >= 4 is 29.0 Å². The Bertz CT molecular complexity index is 1110. The van der Waals surface area contributed by atoms with Crippen LogP contribution < -0.4 is 5.32 Å².